The second-order valence-electron chi connectivity index (χ2n) is 3.11. The molecule has 0 amide bonds. The maximum Gasteiger partial charge on any atom is 0.0923 e. The van der Waals surface area contributed by atoms with Gasteiger partial charge in [0.15, 0.2) is 0 Å². The van der Waals surface area contributed by atoms with Crippen LogP contribution in [-0.4, -0.2) is 12.9 Å². The molecular weight excluding hydrogens is 162 g/mol. The van der Waals surface area contributed by atoms with E-state index in [0.29, 0.717) is 0 Å². The summed E-state index contributed by atoms with van der Waals surface area (Å²) in [5.41, 5.74) is 3.36. The molecule has 64 valence electrons. The highest BCUT2D eigenvalue weighted by Crippen LogP contribution is 2.34. The first-order chi connectivity index (χ1) is 6.45. The standard InChI is InChI=1S/C10H9N3/c1-2-4-10-9(3-1)12-6-8-5-11-7-13(8)10/h1-6,11H,7H2. The monoisotopic (exact) mass is 171 g/mol. The third kappa shape index (κ3) is 0.869. The van der Waals surface area contributed by atoms with Crippen molar-refractivity contribution >= 4 is 17.6 Å². The third-order valence-electron chi connectivity index (χ3n) is 2.32. The minimum atomic E-state index is 0.846. The van der Waals surface area contributed by atoms with Gasteiger partial charge in [-0.15, -0.1) is 0 Å². The molecule has 0 spiro atoms. The first kappa shape index (κ1) is 6.71. The Labute approximate surface area is 76.4 Å². The summed E-state index contributed by atoms with van der Waals surface area (Å²) in [5.74, 6) is 0. The summed E-state index contributed by atoms with van der Waals surface area (Å²) in [5, 5.41) is 3.18. The molecule has 1 aromatic carbocycles. The van der Waals surface area contributed by atoms with Crippen LogP contribution in [0.1, 0.15) is 0 Å². The summed E-state index contributed by atoms with van der Waals surface area (Å²) < 4.78 is 0. The number of nitrogens with one attached hydrogen (secondary N) is 1. The molecule has 0 radical (unpaired) electrons. The largest absolute Gasteiger partial charge is 0.372 e. The van der Waals surface area contributed by atoms with E-state index in [4.69, 9.17) is 0 Å². The molecule has 0 fully saturated rings. The lowest BCUT2D eigenvalue weighted by Gasteiger charge is -2.23. The van der Waals surface area contributed by atoms with E-state index in [1.54, 1.807) is 0 Å². The fraction of sp³-hybridized carbons (Fsp3) is 0.100. The van der Waals surface area contributed by atoms with Crippen LogP contribution in [0.4, 0.5) is 11.4 Å². The molecule has 0 saturated heterocycles. The van der Waals surface area contributed by atoms with Crippen molar-refractivity contribution in [3.63, 3.8) is 0 Å². The quantitative estimate of drug-likeness (QED) is 0.642. The van der Waals surface area contributed by atoms with Crippen molar-refractivity contribution in [2.24, 2.45) is 4.99 Å². The molecule has 0 aliphatic carbocycles. The van der Waals surface area contributed by atoms with Crippen molar-refractivity contribution in [3.05, 3.63) is 36.2 Å². The number of hydrogen-bond acceptors (Lipinski definition) is 3. The molecule has 1 N–H and O–H groups in total. The number of rotatable bonds is 0. The molecular formula is C10H9N3. The van der Waals surface area contributed by atoms with E-state index < -0.39 is 0 Å². The fourth-order valence-corrected chi connectivity index (χ4v) is 1.68. The zero-order chi connectivity index (χ0) is 8.67. The van der Waals surface area contributed by atoms with Crippen LogP contribution in [0, 0.1) is 0 Å². The molecule has 2 aliphatic heterocycles. The van der Waals surface area contributed by atoms with Crippen molar-refractivity contribution in [1.29, 1.82) is 0 Å². The van der Waals surface area contributed by atoms with E-state index in [-0.39, 0.29) is 0 Å². The number of hydrogen-bond donors (Lipinski definition) is 1. The Balaban J connectivity index is 2.20. The number of aliphatic imine (C=N–C) groups is 1. The Morgan fingerprint density at radius 2 is 2.23 bits per heavy atom. The van der Waals surface area contributed by atoms with Gasteiger partial charge in [-0.2, -0.15) is 0 Å². The number of allylic oxidation sites excluding steroid dienone is 1. The van der Waals surface area contributed by atoms with Gasteiger partial charge in [0.1, 0.15) is 0 Å². The number of nitrogens with zero attached hydrogens (tertiary/aromatic N) is 2. The molecule has 0 saturated carbocycles. The van der Waals surface area contributed by atoms with Crippen LogP contribution >= 0.6 is 0 Å². The second kappa shape index (κ2) is 2.36. The highest BCUT2D eigenvalue weighted by molar-refractivity contribution is 5.93. The van der Waals surface area contributed by atoms with Gasteiger partial charge in [0, 0.05) is 6.20 Å². The maximum absolute atomic E-state index is 4.36. The molecule has 0 bridgehead atoms. The summed E-state index contributed by atoms with van der Waals surface area (Å²) in [6.45, 7) is 0.846. The van der Waals surface area contributed by atoms with E-state index in [1.165, 1.54) is 5.69 Å². The summed E-state index contributed by atoms with van der Waals surface area (Å²) >= 11 is 0. The molecule has 0 atom stereocenters. The van der Waals surface area contributed by atoms with Crippen LogP contribution in [0.3, 0.4) is 0 Å². The average molecular weight is 171 g/mol. The van der Waals surface area contributed by atoms with Crippen LogP contribution in [0.25, 0.3) is 0 Å². The zero-order valence-corrected chi connectivity index (χ0v) is 7.07. The minimum Gasteiger partial charge on any atom is -0.372 e. The van der Waals surface area contributed by atoms with Gasteiger partial charge in [-0.25, -0.2) is 0 Å². The SMILES string of the molecule is C1=Nc2ccccc2N2CNC=C12. The van der Waals surface area contributed by atoms with Gasteiger partial charge in [0.05, 0.1) is 30.0 Å². The van der Waals surface area contributed by atoms with E-state index >= 15 is 0 Å². The Bertz CT molecular complexity index is 406. The van der Waals surface area contributed by atoms with Crippen LogP contribution in [0.5, 0.6) is 0 Å². The number of anilines is 1. The van der Waals surface area contributed by atoms with Gasteiger partial charge in [0.2, 0.25) is 0 Å². The molecule has 3 rings (SSSR count). The summed E-state index contributed by atoms with van der Waals surface area (Å²) in [7, 11) is 0. The Kier molecular flexibility index (Phi) is 1.22. The lowest BCUT2D eigenvalue weighted by Crippen LogP contribution is -2.25. The summed E-state index contributed by atoms with van der Waals surface area (Å²) in [6, 6.07) is 8.16. The topological polar surface area (TPSA) is 27.6 Å². The number of benzene rings is 1. The van der Waals surface area contributed by atoms with E-state index in [9.17, 15) is 0 Å². The molecule has 2 heterocycles. The van der Waals surface area contributed by atoms with Gasteiger partial charge in [-0.3, -0.25) is 4.99 Å². The molecule has 0 unspecified atom stereocenters. The van der Waals surface area contributed by atoms with E-state index in [2.05, 4.69) is 21.3 Å². The van der Waals surface area contributed by atoms with Crippen LogP contribution < -0.4 is 10.2 Å². The third-order valence-corrected chi connectivity index (χ3v) is 2.32. The van der Waals surface area contributed by atoms with Crippen molar-refractivity contribution in [2.45, 2.75) is 0 Å². The predicted molar refractivity (Wildman–Crippen MR) is 53.2 cm³/mol. The van der Waals surface area contributed by atoms with Crippen molar-refractivity contribution < 1.29 is 0 Å². The van der Waals surface area contributed by atoms with Crippen molar-refractivity contribution in [2.75, 3.05) is 11.6 Å². The van der Waals surface area contributed by atoms with E-state index in [1.807, 2.05) is 30.6 Å². The highest BCUT2D eigenvalue weighted by Gasteiger charge is 2.20. The normalized spacial score (nSPS) is 17.5. The molecule has 13 heavy (non-hydrogen) atoms. The molecule has 0 aromatic heterocycles. The molecule has 3 nitrogen and oxygen atoms in total. The average Bonchev–Trinajstić information content (AvgIpc) is 2.65. The van der Waals surface area contributed by atoms with Gasteiger partial charge in [0.25, 0.3) is 0 Å². The van der Waals surface area contributed by atoms with Gasteiger partial charge >= 0.3 is 0 Å². The van der Waals surface area contributed by atoms with Crippen LogP contribution in [0.15, 0.2) is 41.2 Å². The first-order valence-corrected chi connectivity index (χ1v) is 4.29. The molecule has 2 aliphatic rings. The van der Waals surface area contributed by atoms with Gasteiger partial charge < -0.3 is 10.2 Å². The van der Waals surface area contributed by atoms with Crippen molar-refractivity contribution in [1.82, 2.24) is 5.32 Å². The smallest absolute Gasteiger partial charge is 0.0923 e. The van der Waals surface area contributed by atoms with E-state index in [0.717, 1.165) is 18.1 Å². The van der Waals surface area contributed by atoms with Crippen LogP contribution in [0.2, 0.25) is 0 Å². The first-order valence-electron chi connectivity index (χ1n) is 4.29. The lowest BCUT2D eigenvalue weighted by molar-refractivity contribution is 0.894. The molecule has 1 aromatic rings. The number of para-hydroxylation sites is 2. The number of fused-ring (bicyclic) bond motifs is 3. The van der Waals surface area contributed by atoms with Gasteiger partial charge in [-0.1, -0.05) is 12.1 Å². The Morgan fingerprint density at radius 3 is 3.23 bits per heavy atom. The zero-order valence-electron chi connectivity index (χ0n) is 7.07. The summed E-state index contributed by atoms with van der Waals surface area (Å²) in [6.07, 6.45) is 3.88. The molecule has 3 heteroatoms. The highest BCUT2D eigenvalue weighted by atomic mass is 15.3. The fourth-order valence-electron chi connectivity index (χ4n) is 1.68. The second-order valence-corrected chi connectivity index (χ2v) is 3.11. The van der Waals surface area contributed by atoms with Crippen LogP contribution in [-0.2, 0) is 0 Å². The van der Waals surface area contributed by atoms with Gasteiger partial charge in [-0.05, 0) is 12.1 Å². The Morgan fingerprint density at radius 1 is 1.31 bits per heavy atom. The van der Waals surface area contributed by atoms with Crippen molar-refractivity contribution in [3.8, 4) is 0 Å². The summed E-state index contributed by atoms with van der Waals surface area (Å²) in [4.78, 5) is 6.57. The lowest BCUT2D eigenvalue weighted by atomic mass is 10.2. The minimum absolute atomic E-state index is 0.846. The Hall–Kier alpha value is -1.77. The maximum atomic E-state index is 4.36. The predicted octanol–water partition coefficient (Wildman–Crippen LogP) is 1.61.